The second kappa shape index (κ2) is 5.99. The van der Waals surface area contributed by atoms with Gasteiger partial charge in [0.25, 0.3) is 5.88 Å². The summed E-state index contributed by atoms with van der Waals surface area (Å²) in [4.78, 5) is 8.01. The van der Waals surface area contributed by atoms with Crippen molar-refractivity contribution in [3.8, 4) is 17.4 Å². The molecule has 2 aromatic rings. The quantitative estimate of drug-likeness (QED) is 0.898. The van der Waals surface area contributed by atoms with Gasteiger partial charge < -0.3 is 14.8 Å². The summed E-state index contributed by atoms with van der Waals surface area (Å²) in [5, 5.41) is 3.02. The van der Waals surface area contributed by atoms with Gasteiger partial charge in [0, 0.05) is 6.54 Å². The van der Waals surface area contributed by atoms with Crippen LogP contribution in [0.3, 0.4) is 0 Å². The lowest BCUT2D eigenvalue weighted by atomic mass is 10.3. The van der Waals surface area contributed by atoms with Crippen molar-refractivity contribution in [3.63, 3.8) is 0 Å². The van der Waals surface area contributed by atoms with Crippen LogP contribution in [0.15, 0.2) is 30.6 Å². The minimum absolute atomic E-state index is 0.0851. The van der Waals surface area contributed by atoms with Crippen LogP contribution in [0.5, 0.6) is 17.4 Å². The number of rotatable bonds is 5. The molecule has 0 saturated heterocycles. The maximum Gasteiger partial charge on any atom is 0.268 e. The van der Waals surface area contributed by atoms with Crippen molar-refractivity contribution in [1.82, 2.24) is 9.97 Å². The molecule has 0 unspecified atom stereocenters. The first-order valence-corrected chi connectivity index (χ1v) is 5.81. The van der Waals surface area contributed by atoms with Gasteiger partial charge in [-0.2, -0.15) is 4.98 Å². The van der Waals surface area contributed by atoms with Crippen LogP contribution in [-0.2, 0) is 0 Å². The van der Waals surface area contributed by atoms with E-state index in [2.05, 4.69) is 15.3 Å². The van der Waals surface area contributed by atoms with Gasteiger partial charge in [0.1, 0.15) is 6.33 Å². The molecule has 0 spiro atoms. The SMILES string of the molecule is CCNc1ncnc(Oc2ccccc2F)c1OC. The van der Waals surface area contributed by atoms with E-state index in [-0.39, 0.29) is 11.6 Å². The fraction of sp³-hybridized carbons (Fsp3) is 0.231. The fourth-order valence-electron chi connectivity index (χ4n) is 1.54. The van der Waals surface area contributed by atoms with Crippen molar-refractivity contribution < 1.29 is 13.9 Å². The number of nitrogens with one attached hydrogen (secondary N) is 1. The van der Waals surface area contributed by atoms with E-state index in [1.807, 2.05) is 6.92 Å². The minimum atomic E-state index is -0.465. The first-order valence-electron chi connectivity index (χ1n) is 5.81. The second-order valence-corrected chi connectivity index (χ2v) is 3.62. The van der Waals surface area contributed by atoms with Crippen LogP contribution >= 0.6 is 0 Å². The molecule has 2 rings (SSSR count). The van der Waals surface area contributed by atoms with Gasteiger partial charge in [0.2, 0.25) is 5.75 Å². The lowest BCUT2D eigenvalue weighted by Gasteiger charge is -2.12. The number of para-hydroxylation sites is 1. The van der Waals surface area contributed by atoms with Gasteiger partial charge >= 0.3 is 0 Å². The summed E-state index contributed by atoms with van der Waals surface area (Å²) in [6.07, 6.45) is 1.33. The van der Waals surface area contributed by atoms with Crippen molar-refractivity contribution in [1.29, 1.82) is 0 Å². The molecule has 19 heavy (non-hydrogen) atoms. The van der Waals surface area contributed by atoms with Gasteiger partial charge in [0.05, 0.1) is 7.11 Å². The van der Waals surface area contributed by atoms with E-state index in [9.17, 15) is 4.39 Å². The summed E-state index contributed by atoms with van der Waals surface area (Å²) < 4.78 is 24.2. The molecule has 1 aromatic carbocycles. The Morgan fingerprint density at radius 3 is 2.74 bits per heavy atom. The van der Waals surface area contributed by atoms with Crippen LogP contribution in [0, 0.1) is 5.82 Å². The standard InChI is InChI=1S/C13H14FN3O2/c1-3-15-12-11(18-2)13(17-8-16-12)19-10-7-5-4-6-9(10)14/h4-8H,3H2,1-2H3,(H,15,16,17). The van der Waals surface area contributed by atoms with Gasteiger partial charge in [-0.25, -0.2) is 9.37 Å². The molecule has 5 nitrogen and oxygen atoms in total. The van der Waals surface area contributed by atoms with Crippen molar-refractivity contribution in [3.05, 3.63) is 36.4 Å². The van der Waals surface area contributed by atoms with Gasteiger partial charge in [-0.15, -0.1) is 0 Å². The summed E-state index contributed by atoms with van der Waals surface area (Å²) in [5.41, 5.74) is 0. The average Bonchev–Trinajstić information content (AvgIpc) is 2.42. The molecule has 0 atom stereocenters. The number of methoxy groups -OCH3 is 1. The van der Waals surface area contributed by atoms with Gasteiger partial charge in [-0.3, -0.25) is 0 Å². The van der Waals surface area contributed by atoms with Crippen molar-refractivity contribution in [2.45, 2.75) is 6.92 Å². The highest BCUT2D eigenvalue weighted by molar-refractivity contribution is 5.55. The summed E-state index contributed by atoms with van der Waals surface area (Å²) >= 11 is 0. The Hall–Kier alpha value is -2.37. The summed E-state index contributed by atoms with van der Waals surface area (Å²) in [6.45, 7) is 2.60. The van der Waals surface area contributed by atoms with E-state index in [0.717, 1.165) is 0 Å². The number of hydrogen-bond donors (Lipinski definition) is 1. The molecule has 1 N–H and O–H groups in total. The zero-order valence-electron chi connectivity index (χ0n) is 10.7. The molecule has 0 aliphatic heterocycles. The lowest BCUT2D eigenvalue weighted by Crippen LogP contribution is -2.04. The maximum atomic E-state index is 13.5. The monoisotopic (exact) mass is 263 g/mol. The normalized spacial score (nSPS) is 10.1. The Kier molecular flexibility index (Phi) is 4.12. The highest BCUT2D eigenvalue weighted by Crippen LogP contribution is 2.34. The van der Waals surface area contributed by atoms with E-state index in [1.165, 1.54) is 25.6 Å². The molecular weight excluding hydrogens is 249 g/mol. The van der Waals surface area contributed by atoms with E-state index in [4.69, 9.17) is 9.47 Å². The van der Waals surface area contributed by atoms with Crippen molar-refractivity contribution in [2.75, 3.05) is 19.0 Å². The van der Waals surface area contributed by atoms with E-state index in [0.29, 0.717) is 18.1 Å². The molecule has 1 heterocycles. The van der Waals surface area contributed by atoms with Gasteiger partial charge in [-0.05, 0) is 19.1 Å². The number of nitrogens with zero attached hydrogens (tertiary/aromatic N) is 2. The van der Waals surface area contributed by atoms with Crippen LogP contribution in [0.4, 0.5) is 10.2 Å². The first kappa shape index (κ1) is 13.1. The molecule has 0 aliphatic rings. The predicted molar refractivity (Wildman–Crippen MR) is 69.2 cm³/mol. The first-order chi connectivity index (χ1) is 9.26. The second-order valence-electron chi connectivity index (χ2n) is 3.62. The number of ether oxygens (including phenoxy) is 2. The highest BCUT2D eigenvalue weighted by Gasteiger charge is 2.15. The van der Waals surface area contributed by atoms with Crippen LogP contribution in [0.25, 0.3) is 0 Å². The smallest absolute Gasteiger partial charge is 0.268 e. The Morgan fingerprint density at radius 2 is 2.05 bits per heavy atom. The third-order valence-electron chi connectivity index (χ3n) is 2.36. The molecule has 6 heteroatoms. The third kappa shape index (κ3) is 2.90. The topological polar surface area (TPSA) is 56.3 Å². The van der Waals surface area contributed by atoms with Crippen molar-refractivity contribution in [2.24, 2.45) is 0 Å². The van der Waals surface area contributed by atoms with Gasteiger partial charge in [0.15, 0.2) is 17.4 Å². The Morgan fingerprint density at radius 1 is 1.26 bits per heavy atom. The third-order valence-corrected chi connectivity index (χ3v) is 2.36. The molecule has 0 radical (unpaired) electrons. The van der Waals surface area contributed by atoms with Gasteiger partial charge in [-0.1, -0.05) is 12.1 Å². The van der Waals surface area contributed by atoms with Crippen LogP contribution < -0.4 is 14.8 Å². The van der Waals surface area contributed by atoms with Crippen LogP contribution in [0.1, 0.15) is 6.92 Å². The molecule has 100 valence electrons. The summed E-state index contributed by atoms with van der Waals surface area (Å²) in [6, 6.07) is 6.10. The predicted octanol–water partition coefficient (Wildman–Crippen LogP) is 2.85. The zero-order valence-corrected chi connectivity index (χ0v) is 10.7. The highest BCUT2D eigenvalue weighted by atomic mass is 19.1. The lowest BCUT2D eigenvalue weighted by molar-refractivity contribution is 0.360. The molecule has 0 saturated carbocycles. The summed E-state index contributed by atoms with van der Waals surface area (Å²) in [7, 11) is 1.48. The molecular formula is C13H14FN3O2. The molecule has 0 aliphatic carbocycles. The van der Waals surface area contributed by atoms with E-state index in [1.54, 1.807) is 12.1 Å². The molecule has 0 amide bonds. The average molecular weight is 263 g/mol. The van der Waals surface area contributed by atoms with Crippen molar-refractivity contribution >= 4 is 5.82 Å². The molecule has 0 fully saturated rings. The van der Waals surface area contributed by atoms with Crippen LogP contribution in [-0.4, -0.2) is 23.6 Å². The fourth-order valence-corrected chi connectivity index (χ4v) is 1.54. The Balaban J connectivity index is 2.35. The number of benzene rings is 1. The Labute approximate surface area is 110 Å². The zero-order chi connectivity index (χ0) is 13.7. The molecule has 0 bridgehead atoms. The number of hydrogen-bond acceptors (Lipinski definition) is 5. The number of anilines is 1. The number of aromatic nitrogens is 2. The van der Waals surface area contributed by atoms with E-state index >= 15 is 0 Å². The minimum Gasteiger partial charge on any atom is -0.489 e. The van der Waals surface area contributed by atoms with Crippen LogP contribution in [0.2, 0.25) is 0 Å². The maximum absolute atomic E-state index is 13.5. The summed E-state index contributed by atoms with van der Waals surface area (Å²) in [5.74, 6) is 0.632. The number of halogens is 1. The largest absolute Gasteiger partial charge is 0.489 e. The Bertz CT molecular complexity index is 563. The molecule has 1 aromatic heterocycles. The van der Waals surface area contributed by atoms with E-state index < -0.39 is 5.82 Å².